The maximum Gasteiger partial charge on any atom is 0.317 e. The summed E-state index contributed by atoms with van der Waals surface area (Å²) >= 11 is 0. The third kappa shape index (κ3) is 6.82. The van der Waals surface area contributed by atoms with Crippen LogP contribution in [0.25, 0.3) is 0 Å². The number of amides is 2. The van der Waals surface area contributed by atoms with Crippen LogP contribution in [0, 0.1) is 23.7 Å². The zero-order valence-electron chi connectivity index (χ0n) is 13.8. The molecule has 0 aromatic heterocycles. The van der Waals surface area contributed by atoms with E-state index in [0.29, 0.717) is 30.7 Å². The van der Waals surface area contributed by atoms with E-state index in [1.807, 2.05) is 7.05 Å². The summed E-state index contributed by atoms with van der Waals surface area (Å²) in [5.74, 6) is 1.45. The zero-order chi connectivity index (χ0) is 16.0. The van der Waals surface area contributed by atoms with E-state index in [0.717, 1.165) is 18.9 Å². The second kappa shape index (κ2) is 8.25. The molecule has 0 aliphatic heterocycles. The van der Waals surface area contributed by atoms with Gasteiger partial charge in [-0.05, 0) is 42.9 Å². The lowest BCUT2D eigenvalue weighted by Crippen LogP contribution is -2.39. The number of aliphatic carboxylic acids is 1. The maximum absolute atomic E-state index is 12.0. The minimum Gasteiger partial charge on any atom is -0.481 e. The average molecular weight is 298 g/mol. The highest BCUT2D eigenvalue weighted by Gasteiger charge is 2.34. The van der Waals surface area contributed by atoms with Gasteiger partial charge in [-0.15, -0.1) is 0 Å². The van der Waals surface area contributed by atoms with Crippen molar-refractivity contribution in [3.8, 4) is 0 Å². The normalized spacial score (nSPS) is 22.0. The summed E-state index contributed by atoms with van der Waals surface area (Å²) in [7, 11) is 1.84. The van der Waals surface area contributed by atoms with Crippen molar-refractivity contribution in [3.05, 3.63) is 0 Å². The minimum absolute atomic E-state index is 0.0187. The fourth-order valence-electron chi connectivity index (χ4n) is 2.71. The summed E-state index contributed by atoms with van der Waals surface area (Å²) in [4.78, 5) is 24.4. The third-order valence-corrected chi connectivity index (χ3v) is 4.59. The lowest BCUT2D eigenvalue weighted by molar-refractivity contribution is -0.137. The first kappa shape index (κ1) is 17.8. The Morgan fingerprint density at radius 3 is 2.43 bits per heavy atom. The van der Waals surface area contributed by atoms with Crippen LogP contribution in [0.2, 0.25) is 0 Å². The molecule has 3 unspecified atom stereocenters. The van der Waals surface area contributed by atoms with Gasteiger partial charge >= 0.3 is 12.0 Å². The van der Waals surface area contributed by atoms with Gasteiger partial charge in [-0.1, -0.05) is 20.8 Å². The molecule has 0 aromatic rings. The Labute approximate surface area is 128 Å². The Hall–Kier alpha value is -1.26. The summed E-state index contributed by atoms with van der Waals surface area (Å²) in [6, 6.07) is -0.0187. The molecule has 122 valence electrons. The van der Waals surface area contributed by atoms with E-state index in [4.69, 9.17) is 5.11 Å². The zero-order valence-corrected chi connectivity index (χ0v) is 13.8. The smallest absolute Gasteiger partial charge is 0.317 e. The SMILES string of the molecule is CC(C)C(CCNC(=O)N(C)CC1CC1C)CCC(=O)O. The molecule has 1 aliphatic rings. The number of urea groups is 1. The van der Waals surface area contributed by atoms with E-state index in [9.17, 15) is 9.59 Å². The van der Waals surface area contributed by atoms with Crippen LogP contribution in [-0.4, -0.2) is 42.1 Å². The van der Waals surface area contributed by atoms with Crippen molar-refractivity contribution in [1.29, 1.82) is 0 Å². The van der Waals surface area contributed by atoms with Gasteiger partial charge in [-0.25, -0.2) is 4.79 Å². The quantitative estimate of drug-likeness (QED) is 0.687. The molecule has 1 fully saturated rings. The number of carboxylic acid groups (broad SMARTS) is 1. The second-order valence-corrected chi connectivity index (χ2v) is 6.81. The van der Waals surface area contributed by atoms with Crippen molar-refractivity contribution < 1.29 is 14.7 Å². The molecule has 0 radical (unpaired) electrons. The van der Waals surface area contributed by atoms with Gasteiger partial charge in [-0.2, -0.15) is 0 Å². The molecule has 0 bridgehead atoms. The first-order valence-corrected chi connectivity index (χ1v) is 8.02. The Bertz CT molecular complexity index is 357. The molecule has 5 heteroatoms. The molecule has 2 N–H and O–H groups in total. The summed E-state index contributed by atoms with van der Waals surface area (Å²) in [5.41, 5.74) is 0. The number of carbonyl (C=O) groups is 2. The van der Waals surface area contributed by atoms with Gasteiger partial charge < -0.3 is 15.3 Å². The highest BCUT2D eigenvalue weighted by molar-refractivity contribution is 5.73. The molecule has 1 aliphatic carbocycles. The van der Waals surface area contributed by atoms with Crippen molar-refractivity contribution >= 4 is 12.0 Å². The molecule has 3 atom stereocenters. The van der Waals surface area contributed by atoms with Crippen molar-refractivity contribution in [2.24, 2.45) is 23.7 Å². The van der Waals surface area contributed by atoms with Crippen LogP contribution in [0.3, 0.4) is 0 Å². The highest BCUT2D eigenvalue weighted by Crippen LogP contribution is 2.37. The Balaban J connectivity index is 2.22. The summed E-state index contributed by atoms with van der Waals surface area (Å²) in [6.45, 7) is 7.88. The number of carboxylic acids is 1. The Kier molecular flexibility index (Phi) is 6.99. The van der Waals surface area contributed by atoms with E-state index in [1.165, 1.54) is 6.42 Å². The largest absolute Gasteiger partial charge is 0.481 e. The van der Waals surface area contributed by atoms with Gasteiger partial charge in [0.05, 0.1) is 0 Å². The van der Waals surface area contributed by atoms with E-state index < -0.39 is 5.97 Å². The molecule has 5 nitrogen and oxygen atoms in total. The first-order chi connectivity index (χ1) is 9.81. The van der Waals surface area contributed by atoms with Gasteiger partial charge in [-0.3, -0.25) is 4.79 Å². The number of hydrogen-bond donors (Lipinski definition) is 2. The van der Waals surface area contributed by atoms with Crippen LogP contribution >= 0.6 is 0 Å². The van der Waals surface area contributed by atoms with Gasteiger partial charge in [0, 0.05) is 26.6 Å². The van der Waals surface area contributed by atoms with Gasteiger partial charge in [0.2, 0.25) is 0 Å². The second-order valence-electron chi connectivity index (χ2n) is 6.81. The van der Waals surface area contributed by atoms with Crippen LogP contribution in [0.4, 0.5) is 4.79 Å². The van der Waals surface area contributed by atoms with E-state index in [-0.39, 0.29) is 12.5 Å². The van der Waals surface area contributed by atoms with Gasteiger partial charge in [0.15, 0.2) is 0 Å². The molecule has 0 aromatic carbocycles. The average Bonchev–Trinajstić information content (AvgIpc) is 3.07. The summed E-state index contributed by atoms with van der Waals surface area (Å²) in [6.07, 6.45) is 2.95. The number of hydrogen-bond acceptors (Lipinski definition) is 2. The van der Waals surface area contributed by atoms with Crippen LogP contribution in [0.15, 0.2) is 0 Å². The Morgan fingerprint density at radius 2 is 1.95 bits per heavy atom. The predicted octanol–water partition coefficient (Wildman–Crippen LogP) is 2.81. The van der Waals surface area contributed by atoms with E-state index in [2.05, 4.69) is 26.1 Å². The standard InChI is InChI=1S/C16H30N2O3/c1-11(2)13(5-6-15(19)20)7-8-17-16(21)18(4)10-14-9-12(14)3/h11-14H,5-10H2,1-4H3,(H,17,21)(H,19,20). The van der Waals surface area contributed by atoms with Crippen LogP contribution < -0.4 is 5.32 Å². The molecule has 0 spiro atoms. The number of nitrogens with zero attached hydrogens (tertiary/aromatic N) is 1. The number of nitrogens with one attached hydrogen (secondary N) is 1. The summed E-state index contributed by atoms with van der Waals surface area (Å²) < 4.78 is 0. The predicted molar refractivity (Wildman–Crippen MR) is 83.1 cm³/mol. The van der Waals surface area contributed by atoms with Crippen molar-refractivity contribution in [2.75, 3.05) is 20.1 Å². The fraction of sp³-hybridized carbons (Fsp3) is 0.875. The first-order valence-electron chi connectivity index (χ1n) is 8.02. The molecular formula is C16H30N2O3. The molecule has 0 saturated heterocycles. The molecular weight excluding hydrogens is 268 g/mol. The monoisotopic (exact) mass is 298 g/mol. The molecule has 1 rings (SSSR count). The molecule has 21 heavy (non-hydrogen) atoms. The van der Waals surface area contributed by atoms with Gasteiger partial charge in [0.1, 0.15) is 0 Å². The number of carbonyl (C=O) groups excluding carboxylic acids is 1. The molecule has 0 heterocycles. The fourth-order valence-corrected chi connectivity index (χ4v) is 2.71. The van der Waals surface area contributed by atoms with Crippen LogP contribution in [-0.2, 0) is 4.79 Å². The number of rotatable bonds is 9. The molecule has 1 saturated carbocycles. The van der Waals surface area contributed by atoms with Crippen molar-refractivity contribution in [1.82, 2.24) is 10.2 Å². The molecule has 2 amide bonds. The highest BCUT2D eigenvalue weighted by atomic mass is 16.4. The topological polar surface area (TPSA) is 69.6 Å². The van der Waals surface area contributed by atoms with E-state index >= 15 is 0 Å². The third-order valence-electron chi connectivity index (χ3n) is 4.59. The van der Waals surface area contributed by atoms with Crippen LogP contribution in [0.1, 0.15) is 46.5 Å². The van der Waals surface area contributed by atoms with Crippen LogP contribution in [0.5, 0.6) is 0 Å². The van der Waals surface area contributed by atoms with E-state index in [1.54, 1.807) is 4.90 Å². The lowest BCUT2D eigenvalue weighted by atomic mass is 9.88. The summed E-state index contributed by atoms with van der Waals surface area (Å²) in [5, 5.41) is 11.7. The Morgan fingerprint density at radius 1 is 1.33 bits per heavy atom. The van der Waals surface area contributed by atoms with Crippen molar-refractivity contribution in [3.63, 3.8) is 0 Å². The maximum atomic E-state index is 12.0. The minimum atomic E-state index is -0.747. The van der Waals surface area contributed by atoms with Crippen molar-refractivity contribution in [2.45, 2.75) is 46.5 Å². The van der Waals surface area contributed by atoms with Gasteiger partial charge in [0.25, 0.3) is 0 Å². The lowest BCUT2D eigenvalue weighted by Gasteiger charge is -2.22.